The van der Waals surface area contributed by atoms with Crippen LogP contribution in [0.3, 0.4) is 0 Å². The predicted molar refractivity (Wildman–Crippen MR) is 333 cm³/mol. The second-order valence-electron chi connectivity index (χ2n) is 22.5. The minimum atomic E-state index is -0.628. The summed E-state index contributed by atoms with van der Waals surface area (Å²) in [5.41, 5.74) is 28.1. The lowest BCUT2D eigenvalue weighted by Gasteiger charge is -2.40. The minimum Gasteiger partial charge on any atom is -0.456 e. The van der Waals surface area contributed by atoms with Gasteiger partial charge in [-0.05, 0) is 155 Å². The predicted octanol–water partition coefficient (Wildman–Crippen LogP) is 20.0. The van der Waals surface area contributed by atoms with Gasteiger partial charge in [-0.2, -0.15) is 0 Å². The first-order valence-electron chi connectivity index (χ1n) is 28.2. The van der Waals surface area contributed by atoms with Gasteiger partial charge in [0.25, 0.3) is 0 Å². The molecule has 0 saturated carbocycles. The molecule has 374 valence electrons. The van der Waals surface area contributed by atoms with Crippen LogP contribution in [-0.2, 0) is 10.8 Å². The standard InChI is InChI=1S/C78H46N2O/c1-2-24-58-55(21-1)72(46-69-75(58)60-25-6-12-30-65(60)77(69)62-27-9-3-18-51(62)52-19-4-10-28-63(52)77)79(49-39-36-47(37-40-49)48-38-43-74-61(44-48)57-23-8-16-35-73(57)81-74)50-41-42-54-53-20-5-11-29-64(53)78(68(54)45-50)66-31-13-15-34-71(66)80-70-33-14-7-22-56(70)59-26-17-32-67(78)76(59)80/h1-46H. The van der Waals surface area contributed by atoms with Crippen LogP contribution in [0.5, 0.6) is 0 Å². The largest absolute Gasteiger partial charge is 0.456 e. The van der Waals surface area contributed by atoms with E-state index in [9.17, 15) is 0 Å². The molecule has 3 aliphatic carbocycles. The van der Waals surface area contributed by atoms with Crippen molar-refractivity contribution < 1.29 is 4.42 Å². The third kappa shape index (κ3) is 5.34. The average Bonchev–Trinajstić information content (AvgIpc) is 1.98. The zero-order valence-corrected chi connectivity index (χ0v) is 43.9. The van der Waals surface area contributed by atoms with Gasteiger partial charge in [-0.15, -0.1) is 0 Å². The number of benzene rings is 13. The van der Waals surface area contributed by atoms with Gasteiger partial charge >= 0.3 is 0 Å². The molecule has 0 radical (unpaired) electrons. The fourth-order valence-electron chi connectivity index (χ4n) is 15.9. The molecule has 0 fully saturated rings. The molecule has 1 aliphatic heterocycles. The summed E-state index contributed by atoms with van der Waals surface area (Å²) in [6.07, 6.45) is 0. The van der Waals surface area contributed by atoms with Gasteiger partial charge in [0.2, 0.25) is 0 Å². The highest BCUT2D eigenvalue weighted by Crippen LogP contribution is 2.66. The van der Waals surface area contributed by atoms with Crippen LogP contribution >= 0.6 is 0 Å². The molecule has 1 atom stereocenters. The lowest BCUT2D eigenvalue weighted by atomic mass is 9.65. The van der Waals surface area contributed by atoms with Crippen LogP contribution in [0.4, 0.5) is 17.1 Å². The second-order valence-corrected chi connectivity index (χ2v) is 22.5. The lowest BCUT2D eigenvalue weighted by molar-refractivity contribution is 0.669. The van der Waals surface area contributed by atoms with Crippen molar-refractivity contribution in [1.29, 1.82) is 0 Å². The van der Waals surface area contributed by atoms with Gasteiger partial charge in [0.1, 0.15) is 11.2 Å². The van der Waals surface area contributed by atoms with E-state index in [0.29, 0.717) is 0 Å². The Balaban J connectivity index is 0.905. The first kappa shape index (κ1) is 43.5. The SMILES string of the molecule is c1ccc2c(c1)-c1ccccc1C21c2ccccc2-c2c1cc(N(c1ccc(-c3ccc4oc5ccccc5c4c3)cc1)c1ccc3c(c1)C1(c4ccccc4-3)c3ccccc3-n3c4ccccc4c4cccc1c43)c1ccccc21. The van der Waals surface area contributed by atoms with Gasteiger partial charge < -0.3 is 13.9 Å². The van der Waals surface area contributed by atoms with Crippen molar-refractivity contribution in [1.82, 2.24) is 4.57 Å². The number of furan rings is 1. The highest BCUT2D eigenvalue weighted by Gasteiger charge is 2.54. The summed E-state index contributed by atoms with van der Waals surface area (Å²) in [7, 11) is 0. The van der Waals surface area contributed by atoms with E-state index in [4.69, 9.17) is 4.42 Å². The molecule has 0 saturated heterocycles. The summed E-state index contributed by atoms with van der Waals surface area (Å²) in [6.45, 7) is 0. The van der Waals surface area contributed by atoms with Crippen molar-refractivity contribution in [2.45, 2.75) is 10.8 Å². The maximum absolute atomic E-state index is 6.31. The van der Waals surface area contributed by atoms with Crippen LogP contribution in [0.1, 0.15) is 44.5 Å². The van der Waals surface area contributed by atoms with E-state index in [1.165, 1.54) is 116 Å². The van der Waals surface area contributed by atoms with Crippen LogP contribution in [0, 0.1) is 0 Å². The Labute approximate surface area is 467 Å². The number of aromatic nitrogens is 1. The average molecular weight is 1030 g/mol. The zero-order valence-electron chi connectivity index (χ0n) is 43.9. The van der Waals surface area contributed by atoms with Crippen LogP contribution < -0.4 is 4.90 Å². The summed E-state index contributed by atoms with van der Waals surface area (Å²) in [4.78, 5) is 2.58. The molecule has 13 aromatic carbocycles. The van der Waals surface area contributed by atoms with Gasteiger partial charge in [0.05, 0.1) is 33.2 Å². The molecule has 19 rings (SSSR count). The van der Waals surface area contributed by atoms with E-state index in [1.807, 2.05) is 6.07 Å². The van der Waals surface area contributed by atoms with Crippen molar-refractivity contribution in [3.05, 3.63) is 324 Å². The number of nitrogens with zero attached hydrogens (tertiary/aromatic N) is 2. The first-order chi connectivity index (χ1) is 40.2. The monoisotopic (exact) mass is 1030 g/mol. The van der Waals surface area contributed by atoms with Gasteiger partial charge in [-0.3, -0.25) is 0 Å². The Morgan fingerprint density at radius 3 is 1.56 bits per heavy atom. The third-order valence-corrected chi connectivity index (χ3v) is 19.0. The van der Waals surface area contributed by atoms with E-state index in [-0.39, 0.29) is 0 Å². The lowest BCUT2D eigenvalue weighted by Crippen LogP contribution is -2.33. The van der Waals surface area contributed by atoms with E-state index in [2.05, 4.69) is 282 Å². The number of anilines is 3. The van der Waals surface area contributed by atoms with Crippen molar-refractivity contribution in [3.8, 4) is 50.2 Å². The van der Waals surface area contributed by atoms with Crippen molar-refractivity contribution in [2.24, 2.45) is 0 Å². The molecule has 1 unspecified atom stereocenters. The van der Waals surface area contributed by atoms with Crippen molar-refractivity contribution in [2.75, 3.05) is 4.90 Å². The van der Waals surface area contributed by atoms with Crippen molar-refractivity contribution in [3.63, 3.8) is 0 Å². The molecule has 3 heterocycles. The normalized spacial score (nSPS) is 15.3. The van der Waals surface area contributed by atoms with E-state index < -0.39 is 10.8 Å². The molecule has 2 spiro atoms. The number of rotatable bonds is 4. The molecule has 15 aromatic rings. The van der Waals surface area contributed by atoms with Crippen LogP contribution in [0.15, 0.2) is 283 Å². The Kier molecular flexibility index (Phi) is 8.39. The van der Waals surface area contributed by atoms with E-state index in [1.54, 1.807) is 0 Å². The fourth-order valence-corrected chi connectivity index (χ4v) is 15.9. The highest BCUT2D eigenvalue weighted by molar-refractivity contribution is 6.15. The first-order valence-corrected chi connectivity index (χ1v) is 28.2. The molecule has 0 amide bonds. The number of hydrogen-bond acceptors (Lipinski definition) is 2. The Morgan fingerprint density at radius 2 is 0.815 bits per heavy atom. The molecule has 81 heavy (non-hydrogen) atoms. The summed E-state index contributed by atoms with van der Waals surface area (Å²) < 4.78 is 8.84. The summed E-state index contributed by atoms with van der Waals surface area (Å²) in [5.74, 6) is 0. The van der Waals surface area contributed by atoms with Crippen LogP contribution in [0.2, 0.25) is 0 Å². The molecule has 0 bridgehead atoms. The number of fused-ring (bicyclic) bond motifs is 27. The maximum Gasteiger partial charge on any atom is 0.135 e. The number of para-hydroxylation sites is 4. The Morgan fingerprint density at radius 1 is 0.296 bits per heavy atom. The van der Waals surface area contributed by atoms with Gasteiger partial charge in [0, 0.05) is 38.3 Å². The smallest absolute Gasteiger partial charge is 0.135 e. The quantitative estimate of drug-likeness (QED) is 0.175. The van der Waals surface area contributed by atoms with Gasteiger partial charge in [-0.25, -0.2) is 0 Å². The minimum absolute atomic E-state index is 0.546. The maximum atomic E-state index is 6.31. The fraction of sp³-hybridized carbons (Fsp3) is 0.0256. The zero-order chi connectivity index (χ0) is 52.7. The third-order valence-electron chi connectivity index (χ3n) is 19.0. The number of hydrogen-bond donors (Lipinski definition) is 0. The summed E-state index contributed by atoms with van der Waals surface area (Å²) in [6, 6.07) is 105. The molecule has 0 N–H and O–H groups in total. The molecule has 3 nitrogen and oxygen atoms in total. The molecule has 3 heteroatoms. The molecular formula is C78H46N2O. The van der Waals surface area contributed by atoms with Crippen molar-refractivity contribution >= 4 is 71.6 Å². The van der Waals surface area contributed by atoms with Gasteiger partial charge in [-0.1, -0.05) is 218 Å². The van der Waals surface area contributed by atoms with Crippen LogP contribution in [0.25, 0.3) is 105 Å². The van der Waals surface area contributed by atoms with Gasteiger partial charge in [0.15, 0.2) is 0 Å². The summed E-state index contributed by atoms with van der Waals surface area (Å²) in [5, 5.41) is 7.23. The Bertz CT molecular complexity index is 5220. The molecule has 2 aromatic heterocycles. The molecule has 4 aliphatic rings. The topological polar surface area (TPSA) is 21.3 Å². The highest BCUT2D eigenvalue weighted by atomic mass is 16.3. The van der Waals surface area contributed by atoms with E-state index >= 15 is 0 Å². The second kappa shape index (κ2) is 15.6. The summed E-state index contributed by atoms with van der Waals surface area (Å²) >= 11 is 0. The van der Waals surface area contributed by atoms with E-state index in [0.717, 1.165) is 50.1 Å². The molecular weight excluding hydrogens is 981 g/mol. The Hall–Kier alpha value is -10.5. The van der Waals surface area contributed by atoms with Crippen LogP contribution in [-0.4, -0.2) is 4.57 Å².